The third-order valence-corrected chi connectivity index (χ3v) is 5.84. The molecule has 202 valence electrons. The molecule has 2 atom stereocenters. The summed E-state index contributed by atoms with van der Waals surface area (Å²) in [7, 11) is 0. The van der Waals surface area contributed by atoms with Crippen LogP contribution in [0.1, 0.15) is 51.9 Å². The van der Waals surface area contributed by atoms with E-state index in [-0.39, 0.29) is 17.2 Å². The molecule has 0 bridgehead atoms. The standard InChI is InChI=1S/C28H31FN8O2/c1-6-37-23-11-10-20(13-19(23)16-32-37)34-25-18(15-30)14-21(29)26(36-25)35-24(22-9-7-8-12-31-22)17(2)33-27(38)39-28(3,4)5/h7-14,16-17,24H,6H2,1-5H3,(H,33,38)(H2,34,35,36)/t17-,24-/m0/s1. The molecule has 1 aromatic carbocycles. The molecule has 39 heavy (non-hydrogen) atoms. The lowest BCUT2D eigenvalue weighted by Crippen LogP contribution is -2.43. The Kier molecular flexibility index (Phi) is 7.95. The number of hydrogen-bond acceptors (Lipinski definition) is 8. The van der Waals surface area contributed by atoms with Gasteiger partial charge in [-0.3, -0.25) is 9.67 Å². The molecular formula is C28H31FN8O2. The maximum absolute atomic E-state index is 15.2. The van der Waals surface area contributed by atoms with Gasteiger partial charge < -0.3 is 20.7 Å². The highest BCUT2D eigenvalue weighted by Crippen LogP contribution is 2.28. The molecule has 3 N–H and O–H groups in total. The average Bonchev–Trinajstić information content (AvgIpc) is 3.30. The molecule has 0 spiro atoms. The number of nitrogens with one attached hydrogen (secondary N) is 3. The SMILES string of the molecule is CCn1ncc2cc(Nc3nc(N[C@H](c4ccccn4)[C@H](C)NC(=O)OC(C)(C)C)c(F)cc3C#N)ccc21. The van der Waals surface area contributed by atoms with E-state index >= 15 is 4.39 Å². The van der Waals surface area contributed by atoms with Crippen LogP contribution in [0.5, 0.6) is 0 Å². The number of amides is 1. The van der Waals surface area contributed by atoms with Gasteiger partial charge in [-0.15, -0.1) is 0 Å². The van der Waals surface area contributed by atoms with Gasteiger partial charge in [-0.2, -0.15) is 10.4 Å². The van der Waals surface area contributed by atoms with Gasteiger partial charge >= 0.3 is 6.09 Å². The van der Waals surface area contributed by atoms with E-state index in [0.717, 1.165) is 23.5 Å². The number of alkyl carbamates (subject to hydrolysis) is 1. The van der Waals surface area contributed by atoms with Gasteiger partial charge in [-0.05, 0) is 71.0 Å². The van der Waals surface area contributed by atoms with E-state index in [9.17, 15) is 10.1 Å². The van der Waals surface area contributed by atoms with Gasteiger partial charge in [-0.25, -0.2) is 14.2 Å². The Morgan fingerprint density at radius 3 is 2.67 bits per heavy atom. The van der Waals surface area contributed by atoms with Crippen LogP contribution in [0.2, 0.25) is 0 Å². The number of hydrogen-bond donors (Lipinski definition) is 3. The average molecular weight is 531 g/mol. The Labute approximate surface area is 226 Å². The number of nitrogens with zero attached hydrogens (tertiary/aromatic N) is 5. The van der Waals surface area contributed by atoms with Gasteiger partial charge in [0, 0.05) is 23.8 Å². The molecule has 4 rings (SSSR count). The minimum Gasteiger partial charge on any atom is -0.444 e. The quantitative estimate of drug-likeness (QED) is 0.266. The van der Waals surface area contributed by atoms with Gasteiger partial charge in [0.15, 0.2) is 17.5 Å². The third-order valence-electron chi connectivity index (χ3n) is 5.84. The summed E-state index contributed by atoms with van der Waals surface area (Å²) < 4.78 is 22.4. The van der Waals surface area contributed by atoms with Crippen molar-refractivity contribution < 1.29 is 13.9 Å². The van der Waals surface area contributed by atoms with Crippen LogP contribution >= 0.6 is 0 Å². The number of rotatable bonds is 8. The summed E-state index contributed by atoms with van der Waals surface area (Å²) in [6, 6.07) is 12.8. The Bertz CT molecular complexity index is 1510. The van der Waals surface area contributed by atoms with E-state index in [2.05, 4.69) is 31.0 Å². The van der Waals surface area contributed by atoms with Crippen LogP contribution in [0.25, 0.3) is 10.9 Å². The highest BCUT2D eigenvalue weighted by molar-refractivity contribution is 5.83. The lowest BCUT2D eigenvalue weighted by atomic mass is 10.1. The molecule has 0 aliphatic carbocycles. The number of halogens is 1. The predicted molar refractivity (Wildman–Crippen MR) is 147 cm³/mol. The number of benzene rings is 1. The van der Waals surface area contributed by atoms with Gasteiger partial charge in [0.1, 0.15) is 11.7 Å². The summed E-state index contributed by atoms with van der Waals surface area (Å²) in [5.41, 5.74) is 1.55. The smallest absolute Gasteiger partial charge is 0.407 e. The van der Waals surface area contributed by atoms with Gasteiger partial charge in [-0.1, -0.05) is 6.07 Å². The number of pyridine rings is 2. The van der Waals surface area contributed by atoms with Crippen molar-refractivity contribution in [3.63, 3.8) is 0 Å². The summed E-state index contributed by atoms with van der Waals surface area (Å²) in [6.45, 7) is 9.80. The zero-order chi connectivity index (χ0) is 28.2. The van der Waals surface area contributed by atoms with Gasteiger partial charge in [0.2, 0.25) is 0 Å². The second-order valence-corrected chi connectivity index (χ2v) is 10.00. The number of aryl methyl sites for hydroxylation is 1. The van der Waals surface area contributed by atoms with Crippen molar-refractivity contribution >= 4 is 34.3 Å². The third kappa shape index (κ3) is 6.59. The first-order chi connectivity index (χ1) is 18.6. The van der Waals surface area contributed by atoms with E-state index in [4.69, 9.17) is 4.74 Å². The van der Waals surface area contributed by atoms with Crippen LogP contribution in [-0.4, -0.2) is 37.5 Å². The van der Waals surface area contributed by atoms with Crippen molar-refractivity contribution in [2.75, 3.05) is 10.6 Å². The first kappa shape index (κ1) is 27.3. The monoisotopic (exact) mass is 530 g/mol. The number of ether oxygens (including phenoxy) is 1. The van der Waals surface area contributed by atoms with E-state index < -0.39 is 29.6 Å². The zero-order valence-electron chi connectivity index (χ0n) is 22.5. The predicted octanol–water partition coefficient (Wildman–Crippen LogP) is 5.67. The number of carbonyl (C=O) groups excluding carboxylic acids is 1. The van der Waals surface area contributed by atoms with E-state index in [1.54, 1.807) is 58.3 Å². The lowest BCUT2D eigenvalue weighted by molar-refractivity contribution is 0.0503. The largest absolute Gasteiger partial charge is 0.444 e. The molecule has 11 heteroatoms. The molecule has 0 radical (unpaired) electrons. The lowest BCUT2D eigenvalue weighted by Gasteiger charge is -2.28. The number of fused-ring (bicyclic) bond motifs is 1. The van der Waals surface area contributed by atoms with E-state index in [1.807, 2.05) is 35.9 Å². The summed E-state index contributed by atoms with van der Waals surface area (Å²) in [6.07, 6.45) is 2.75. The highest BCUT2D eigenvalue weighted by atomic mass is 19.1. The molecule has 4 aromatic rings. The molecule has 0 unspecified atom stereocenters. The molecule has 0 aliphatic rings. The molecular weight excluding hydrogens is 499 g/mol. The first-order valence-electron chi connectivity index (χ1n) is 12.6. The molecule has 3 aromatic heterocycles. The van der Waals surface area contributed by atoms with Crippen LogP contribution in [0.4, 0.5) is 26.5 Å². The van der Waals surface area contributed by atoms with Crippen LogP contribution in [-0.2, 0) is 11.3 Å². The van der Waals surface area contributed by atoms with Crippen molar-refractivity contribution in [2.45, 2.75) is 58.8 Å². The molecule has 3 heterocycles. The minimum atomic E-state index is -0.720. The van der Waals surface area contributed by atoms with Crippen LogP contribution < -0.4 is 16.0 Å². The molecule has 0 fully saturated rings. The minimum absolute atomic E-state index is 0.0386. The normalized spacial score (nSPS) is 12.8. The number of aromatic nitrogens is 4. The molecule has 0 aliphatic heterocycles. The maximum Gasteiger partial charge on any atom is 0.407 e. The summed E-state index contributed by atoms with van der Waals surface area (Å²) in [5, 5.41) is 23.9. The van der Waals surface area contributed by atoms with Crippen molar-refractivity contribution in [1.82, 2.24) is 25.1 Å². The van der Waals surface area contributed by atoms with E-state index in [0.29, 0.717) is 11.4 Å². The van der Waals surface area contributed by atoms with Crippen molar-refractivity contribution in [1.29, 1.82) is 5.26 Å². The second-order valence-electron chi connectivity index (χ2n) is 10.00. The fourth-order valence-corrected chi connectivity index (χ4v) is 4.06. The molecule has 0 saturated heterocycles. The molecule has 10 nitrogen and oxygen atoms in total. The van der Waals surface area contributed by atoms with Crippen molar-refractivity contribution in [3.05, 3.63) is 71.9 Å². The van der Waals surface area contributed by atoms with Crippen LogP contribution in [0, 0.1) is 17.1 Å². The summed E-state index contributed by atoms with van der Waals surface area (Å²) in [4.78, 5) is 21.3. The van der Waals surface area contributed by atoms with Crippen LogP contribution in [0.3, 0.4) is 0 Å². The molecule has 0 saturated carbocycles. The summed E-state index contributed by atoms with van der Waals surface area (Å²) >= 11 is 0. The Hall–Kier alpha value is -4.72. The molecule has 1 amide bonds. The summed E-state index contributed by atoms with van der Waals surface area (Å²) in [5.74, 6) is -0.650. The van der Waals surface area contributed by atoms with E-state index in [1.165, 1.54) is 0 Å². The Balaban J connectivity index is 1.64. The fourth-order valence-electron chi connectivity index (χ4n) is 4.06. The first-order valence-corrected chi connectivity index (χ1v) is 12.6. The number of carbonyl (C=O) groups is 1. The van der Waals surface area contributed by atoms with Gasteiger partial charge in [0.05, 0.1) is 35.1 Å². The maximum atomic E-state index is 15.2. The second kappa shape index (κ2) is 11.3. The van der Waals surface area contributed by atoms with Crippen molar-refractivity contribution in [2.24, 2.45) is 0 Å². The van der Waals surface area contributed by atoms with Crippen molar-refractivity contribution in [3.8, 4) is 6.07 Å². The topological polar surface area (TPSA) is 130 Å². The fraction of sp³-hybridized carbons (Fsp3) is 0.321. The van der Waals surface area contributed by atoms with Gasteiger partial charge in [0.25, 0.3) is 0 Å². The number of nitriles is 1. The number of anilines is 3. The van der Waals surface area contributed by atoms with Crippen LogP contribution in [0.15, 0.2) is 54.9 Å². The highest BCUT2D eigenvalue weighted by Gasteiger charge is 2.27. The Morgan fingerprint density at radius 2 is 2.00 bits per heavy atom. The Morgan fingerprint density at radius 1 is 1.21 bits per heavy atom. The zero-order valence-corrected chi connectivity index (χ0v) is 22.5.